The van der Waals surface area contributed by atoms with Gasteiger partial charge in [-0.15, -0.1) is 0 Å². The van der Waals surface area contributed by atoms with Crippen molar-refractivity contribution in [2.75, 3.05) is 19.8 Å². The van der Waals surface area contributed by atoms with Gasteiger partial charge in [0.2, 0.25) is 5.88 Å². The summed E-state index contributed by atoms with van der Waals surface area (Å²) in [6.45, 7) is 1.34. The number of hydrogen-bond acceptors (Lipinski definition) is 6. The molecule has 0 aromatic carbocycles. The first-order valence-electron chi connectivity index (χ1n) is 8.40. The Morgan fingerprint density at radius 1 is 1.38 bits per heavy atom. The maximum absolute atomic E-state index is 12.2. The molecule has 1 amide bonds. The fourth-order valence-corrected chi connectivity index (χ4v) is 2.77. The zero-order valence-electron chi connectivity index (χ0n) is 14.1. The third-order valence-electron chi connectivity index (χ3n) is 4.00. The Morgan fingerprint density at radius 3 is 2.88 bits per heavy atom. The SMILES string of the molecule is O=C(NC[C@H](O)c1ccccn1)c1cnc(OC2CCOCC2)c(Cl)c1. The highest BCUT2D eigenvalue weighted by atomic mass is 35.5. The Hall–Kier alpha value is -2.22. The third-order valence-corrected chi connectivity index (χ3v) is 4.27. The van der Waals surface area contributed by atoms with E-state index in [4.69, 9.17) is 21.1 Å². The topological polar surface area (TPSA) is 93.6 Å². The van der Waals surface area contributed by atoms with Crippen LogP contribution in [0.15, 0.2) is 36.7 Å². The zero-order valence-corrected chi connectivity index (χ0v) is 14.9. The maximum Gasteiger partial charge on any atom is 0.253 e. The lowest BCUT2D eigenvalue weighted by Gasteiger charge is -2.23. The Balaban J connectivity index is 1.56. The van der Waals surface area contributed by atoms with E-state index in [1.165, 1.54) is 12.3 Å². The van der Waals surface area contributed by atoms with Crippen molar-refractivity contribution in [1.82, 2.24) is 15.3 Å². The molecule has 3 rings (SSSR count). The minimum atomic E-state index is -0.889. The smallest absolute Gasteiger partial charge is 0.253 e. The molecule has 3 heterocycles. The van der Waals surface area contributed by atoms with Crippen LogP contribution in [-0.2, 0) is 4.74 Å². The van der Waals surface area contributed by atoms with E-state index in [1.54, 1.807) is 24.4 Å². The summed E-state index contributed by atoms with van der Waals surface area (Å²) in [7, 11) is 0. The van der Waals surface area contributed by atoms with Gasteiger partial charge < -0.3 is 19.9 Å². The highest BCUT2D eigenvalue weighted by molar-refractivity contribution is 6.32. The molecular formula is C18H20ClN3O4. The van der Waals surface area contributed by atoms with Crippen molar-refractivity contribution in [3.8, 4) is 5.88 Å². The minimum absolute atomic E-state index is 0.0157. The van der Waals surface area contributed by atoms with E-state index in [1.807, 2.05) is 0 Å². The summed E-state index contributed by atoms with van der Waals surface area (Å²) in [6.07, 6.45) is 3.68. The molecule has 26 heavy (non-hydrogen) atoms. The van der Waals surface area contributed by atoms with Gasteiger partial charge in [0.1, 0.15) is 17.2 Å². The minimum Gasteiger partial charge on any atom is -0.473 e. The molecule has 2 aromatic rings. The molecule has 8 heteroatoms. The van der Waals surface area contributed by atoms with Crippen LogP contribution in [0.2, 0.25) is 5.02 Å². The van der Waals surface area contributed by atoms with Gasteiger partial charge >= 0.3 is 0 Å². The zero-order chi connectivity index (χ0) is 18.4. The van der Waals surface area contributed by atoms with Crippen molar-refractivity contribution in [2.24, 2.45) is 0 Å². The van der Waals surface area contributed by atoms with E-state index in [0.717, 1.165) is 12.8 Å². The number of halogens is 1. The summed E-state index contributed by atoms with van der Waals surface area (Å²) in [5.41, 5.74) is 0.784. The molecule has 0 saturated carbocycles. The monoisotopic (exact) mass is 377 g/mol. The number of hydrogen-bond donors (Lipinski definition) is 2. The lowest BCUT2D eigenvalue weighted by Crippen LogP contribution is -2.29. The molecule has 138 valence electrons. The molecule has 1 atom stereocenters. The lowest BCUT2D eigenvalue weighted by atomic mass is 10.1. The van der Waals surface area contributed by atoms with Crippen molar-refractivity contribution in [3.05, 3.63) is 52.9 Å². The van der Waals surface area contributed by atoms with Crippen molar-refractivity contribution in [2.45, 2.75) is 25.0 Å². The first-order valence-corrected chi connectivity index (χ1v) is 8.78. The number of aromatic nitrogens is 2. The first-order chi connectivity index (χ1) is 12.6. The van der Waals surface area contributed by atoms with Gasteiger partial charge in [-0.2, -0.15) is 0 Å². The molecule has 2 N–H and O–H groups in total. The summed E-state index contributed by atoms with van der Waals surface area (Å²) in [5, 5.41) is 13.0. The van der Waals surface area contributed by atoms with Gasteiger partial charge in [-0.25, -0.2) is 4.98 Å². The van der Waals surface area contributed by atoms with Crippen molar-refractivity contribution >= 4 is 17.5 Å². The molecule has 1 aliphatic heterocycles. The number of amides is 1. The number of carbonyl (C=O) groups is 1. The van der Waals surface area contributed by atoms with Gasteiger partial charge in [-0.3, -0.25) is 9.78 Å². The molecule has 1 saturated heterocycles. The summed E-state index contributed by atoms with van der Waals surface area (Å²) in [6, 6.07) is 6.73. The highest BCUT2D eigenvalue weighted by Gasteiger charge is 2.19. The predicted molar refractivity (Wildman–Crippen MR) is 95.2 cm³/mol. The number of carbonyl (C=O) groups excluding carboxylic acids is 1. The maximum atomic E-state index is 12.2. The van der Waals surface area contributed by atoms with E-state index in [0.29, 0.717) is 30.4 Å². The highest BCUT2D eigenvalue weighted by Crippen LogP contribution is 2.25. The molecule has 0 spiro atoms. The average Bonchev–Trinajstić information content (AvgIpc) is 2.69. The molecule has 7 nitrogen and oxygen atoms in total. The van der Waals surface area contributed by atoms with E-state index in [9.17, 15) is 9.90 Å². The second kappa shape index (κ2) is 8.93. The van der Waals surface area contributed by atoms with E-state index in [2.05, 4.69) is 15.3 Å². The molecule has 0 bridgehead atoms. The largest absolute Gasteiger partial charge is 0.473 e. The quantitative estimate of drug-likeness (QED) is 0.801. The average molecular weight is 378 g/mol. The standard InChI is InChI=1S/C18H20ClN3O4/c19-14-9-12(10-22-18(14)26-13-4-7-25-8-5-13)17(24)21-11-16(23)15-3-1-2-6-20-15/h1-3,6,9-10,13,16,23H,4-5,7-8,11H2,(H,21,24)/t16-/m0/s1. The van der Waals surface area contributed by atoms with Crippen LogP contribution in [0.4, 0.5) is 0 Å². The van der Waals surface area contributed by atoms with E-state index in [-0.39, 0.29) is 23.6 Å². The normalized spacial score (nSPS) is 16.1. The van der Waals surface area contributed by atoms with Crippen LogP contribution in [-0.4, -0.2) is 46.8 Å². The molecule has 0 unspecified atom stereocenters. The summed E-state index contributed by atoms with van der Waals surface area (Å²) < 4.78 is 11.1. The van der Waals surface area contributed by atoms with Gasteiger partial charge in [0.15, 0.2) is 0 Å². The number of ether oxygens (including phenoxy) is 2. The van der Waals surface area contributed by atoms with Crippen LogP contribution >= 0.6 is 11.6 Å². The van der Waals surface area contributed by atoms with Crippen LogP contribution in [0.1, 0.15) is 35.0 Å². The lowest BCUT2D eigenvalue weighted by molar-refractivity contribution is 0.0238. The summed E-state index contributed by atoms with van der Waals surface area (Å²) in [4.78, 5) is 20.4. The summed E-state index contributed by atoms with van der Waals surface area (Å²) in [5.74, 6) is -0.0735. The van der Waals surface area contributed by atoms with Crippen LogP contribution in [0.25, 0.3) is 0 Å². The van der Waals surface area contributed by atoms with Crippen LogP contribution in [0, 0.1) is 0 Å². The number of pyridine rings is 2. The molecule has 1 aliphatic rings. The van der Waals surface area contributed by atoms with E-state index >= 15 is 0 Å². The Labute approximate surface area is 156 Å². The fourth-order valence-electron chi connectivity index (χ4n) is 2.56. The predicted octanol–water partition coefficient (Wildman–Crippen LogP) is 2.15. The van der Waals surface area contributed by atoms with Crippen LogP contribution < -0.4 is 10.1 Å². The van der Waals surface area contributed by atoms with Crippen molar-refractivity contribution in [1.29, 1.82) is 0 Å². The fraction of sp³-hybridized carbons (Fsp3) is 0.389. The third kappa shape index (κ3) is 4.91. The van der Waals surface area contributed by atoms with Gasteiger partial charge in [-0.1, -0.05) is 17.7 Å². The van der Waals surface area contributed by atoms with Crippen molar-refractivity contribution in [3.63, 3.8) is 0 Å². The van der Waals surface area contributed by atoms with Crippen LogP contribution in [0.3, 0.4) is 0 Å². The number of nitrogens with one attached hydrogen (secondary N) is 1. The summed E-state index contributed by atoms with van der Waals surface area (Å²) >= 11 is 6.19. The second-order valence-corrected chi connectivity index (χ2v) is 6.33. The Morgan fingerprint density at radius 2 is 2.19 bits per heavy atom. The molecule has 0 radical (unpaired) electrons. The van der Waals surface area contributed by atoms with E-state index < -0.39 is 6.10 Å². The second-order valence-electron chi connectivity index (χ2n) is 5.92. The number of aliphatic hydroxyl groups excluding tert-OH is 1. The number of rotatable bonds is 6. The Bertz CT molecular complexity index is 738. The number of aliphatic hydroxyl groups is 1. The molecular weight excluding hydrogens is 358 g/mol. The molecule has 1 fully saturated rings. The van der Waals surface area contributed by atoms with Gasteiger partial charge in [0.05, 0.1) is 24.5 Å². The number of nitrogens with zero attached hydrogens (tertiary/aromatic N) is 2. The van der Waals surface area contributed by atoms with Crippen molar-refractivity contribution < 1.29 is 19.4 Å². The molecule has 0 aliphatic carbocycles. The molecule has 2 aromatic heterocycles. The van der Waals surface area contributed by atoms with Gasteiger partial charge in [0, 0.05) is 31.8 Å². The van der Waals surface area contributed by atoms with Gasteiger partial charge in [-0.05, 0) is 18.2 Å². The van der Waals surface area contributed by atoms with Gasteiger partial charge in [0.25, 0.3) is 5.91 Å². The van der Waals surface area contributed by atoms with Crippen LogP contribution in [0.5, 0.6) is 5.88 Å². The Kier molecular flexibility index (Phi) is 6.38. The first kappa shape index (κ1) is 18.6.